The van der Waals surface area contributed by atoms with Crippen LogP contribution < -0.4 is 10.6 Å². The zero-order valence-corrected chi connectivity index (χ0v) is 14.9. The number of hydrogen-bond donors (Lipinski definition) is 2. The van der Waals surface area contributed by atoms with Gasteiger partial charge in [-0.25, -0.2) is 0 Å². The Morgan fingerprint density at radius 1 is 0.962 bits per heavy atom. The highest BCUT2D eigenvalue weighted by Crippen LogP contribution is 2.27. The van der Waals surface area contributed by atoms with Gasteiger partial charge in [-0.3, -0.25) is 14.6 Å². The summed E-state index contributed by atoms with van der Waals surface area (Å²) in [4.78, 5) is 28.1. The molecule has 1 aromatic heterocycles. The highest BCUT2D eigenvalue weighted by atomic mass is 16.2. The molecule has 5 heteroatoms. The summed E-state index contributed by atoms with van der Waals surface area (Å²) in [5, 5.41) is 5.75. The fourth-order valence-electron chi connectivity index (χ4n) is 3.37. The molecular weight excluding hydrogens is 326 g/mol. The molecule has 1 heterocycles. The minimum absolute atomic E-state index is 0.0581. The summed E-state index contributed by atoms with van der Waals surface area (Å²) in [6.45, 7) is 0. The monoisotopic (exact) mass is 351 g/mol. The first kappa shape index (κ1) is 18.1. The van der Waals surface area contributed by atoms with Crippen molar-refractivity contribution in [2.75, 3.05) is 10.6 Å². The standard InChI is InChI=1S/C21H25N3O2/c25-20(13-8-16-5-2-1-3-6-16)23-18-9-11-19(12-10-18)24-21(26)17-7-4-14-22-15-17/h4,7,9-12,14-16H,1-3,5-6,8,13H2,(H,23,25)(H,24,26). The van der Waals surface area contributed by atoms with Gasteiger partial charge in [-0.15, -0.1) is 0 Å². The van der Waals surface area contributed by atoms with Crippen LogP contribution in [0.5, 0.6) is 0 Å². The quantitative estimate of drug-likeness (QED) is 0.797. The normalized spacial score (nSPS) is 14.6. The lowest BCUT2D eigenvalue weighted by Crippen LogP contribution is -2.15. The molecule has 0 atom stereocenters. The van der Waals surface area contributed by atoms with Gasteiger partial charge in [-0.2, -0.15) is 0 Å². The Bertz CT molecular complexity index is 723. The molecule has 0 bridgehead atoms. The number of benzene rings is 1. The fourth-order valence-corrected chi connectivity index (χ4v) is 3.37. The Morgan fingerprint density at radius 2 is 1.65 bits per heavy atom. The molecule has 0 saturated heterocycles. The van der Waals surface area contributed by atoms with E-state index in [9.17, 15) is 9.59 Å². The van der Waals surface area contributed by atoms with Crippen LogP contribution in [-0.4, -0.2) is 16.8 Å². The predicted octanol–water partition coefficient (Wildman–Crippen LogP) is 4.63. The molecule has 5 nitrogen and oxygen atoms in total. The predicted molar refractivity (Wildman–Crippen MR) is 103 cm³/mol. The van der Waals surface area contributed by atoms with E-state index in [1.165, 1.54) is 38.3 Å². The number of carbonyl (C=O) groups excluding carboxylic acids is 2. The van der Waals surface area contributed by atoms with Crippen LogP contribution in [0, 0.1) is 5.92 Å². The molecule has 0 unspecified atom stereocenters. The van der Waals surface area contributed by atoms with Crippen LogP contribution >= 0.6 is 0 Å². The first-order valence-electron chi connectivity index (χ1n) is 9.32. The number of aromatic nitrogens is 1. The average molecular weight is 351 g/mol. The molecule has 2 aromatic rings. The van der Waals surface area contributed by atoms with Gasteiger partial charge in [-0.1, -0.05) is 32.1 Å². The molecular formula is C21H25N3O2. The van der Waals surface area contributed by atoms with Crippen molar-refractivity contribution in [3.8, 4) is 0 Å². The Balaban J connectivity index is 1.46. The van der Waals surface area contributed by atoms with Gasteiger partial charge in [-0.05, 0) is 48.7 Å². The van der Waals surface area contributed by atoms with E-state index in [1.807, 2.05) is 0 Å². The van der Waals surface area contributed by atoms with Gasteiger partial charge in [0.1, 0.15) is 0 Å². The smallest absolute Gasteiger partial charge is 0.257 e. The SMILES string of the molecule is O=C(CCC1CCCCC1)Nc1ccc(NC(=O)c2cccnc2)cc1. The number of anilines is 2. The number of rotatable bonds is 6. The van der Waals surface area contributed by atoms with Crippen LogP contribution in [-0.2, 0) is 4.79 Å². The van der Waals surface area contributed by atoms with E-state index < -0.39 is 0 Å². The second kappa shape index (κ2) is 9.13. The van der Waals surface area contributed by atoms with Crippen molar-refractivity contribution in [2.24, 2.45) is 5.92 Å². The molecule has 2 N–H and O–H groups in total. The topological polar surface area (TPSA) is 71.1 Å². The van der Waals surface area contributed by atoms with E-state index >= 15 is 0 Å². The molecule has 1 aliphatic carbocycles. The van der Waals surface area contributed by atoms with Crippen molar-refractivity contribution in [1.82, 2.24) is 4.98 Å². The number of amides is 2. The van der Waals surface area contributed by atoms with Crippen LogP contribution in [0.4, 0.5) is 11.4 Å². The maximum absolute atomic E-state index is 12.1. The minimum Gasteiger partial charge on any atom is -0.326 e. The van der Waals surface area contributed by atoms with E-state index in [0.29, 0.717) is 23.6 Å². The lowest BCUT2D eigenvalue weighted by molar-refractivity contribution is -0.116. The van der Waals surface area contributed by atoms with Gasteiger partial charge >= 0.3 is 0 Å². The van der Waals surface area contributed by atoms with Crippen molar-refractivity contribution >= 4 is 23.2 Å². The molecule has 1 aliphatic rings. The molecule has 3 rings (SSSR count). The van der Waals surface area contributed by atoms with Crippen LogP contribution in [0.3, 0.4) is 0 Å². The van der Waals surface area contributed by atoms with Crippen LogP contribution in [0.2, 0.25) is 0 Å². The van der Waals surface area contributed by atoms with Crippen LogP contribution in [0.15, 0.2) is 48.8 Å². The Kier molecular flexibility index (Phi) is 6.36. The number of hydrogen-bond acceptors (Lipinski definition) is 3. The maximum atomic E-state index is 12.1. The van der Waals surface area contributed by atoms with Crippen molar-refractivity contribution < 1.29 is 9.59 Å². The number of nitrogens with one attached hydrogen (secondary N) is 2. The Hall–Kier alpha value is -2.69. The molecule has 1 fully saturated rings. The second-order valence-electron chi connectivity index (χ2n) is 6.86. The first-order valence-corrected chi connectivity index (χ1v) is 9.32. The van der Waals surface area contributed by atoms with Crippen molar-refractivity contribution in [3.05, 3.63) is 54.4 Å². The summed E-state index contributed by atoms with van der Waals surface area (Å²) < 4.78 is 0. The molecule has 136 valence electrons. The van der Waals surface area contributed by atoms with Crippen LogP contribution in [0.25, 0.3) is 0 Å². The average Bonchev–Trinajstić information content (AvgIpc) is 2.69. The number of carbonyl (C=O) groups is 2. The Morgan fingerprint density at radius 3 is 2.31 bits per heavy atom. The zero-order chi connectivity index (χ0) is 18.2. The largest absolute Gasteiger partial charge is 0.326 e. The molecule has 0 aliphatic heterocycles. The zero-order valence-electron chi connectivity index (χ0n) is 14.9. The lowest BCUT2D eigenvalue weighted by atomic mass is 9.86. The summed E-state index contributed by atoms with van der Waals surface area (Å²) in [6.07, 6.45) is 11.2. The van der Waals surface area contributed by atoms with Gasteiger partial charge in [0.2, 0.25) is 5.91 Å². The van der Waals surface area contributed by atoms with E-state index in [0.717, 1.165) is 12.1 Å². The van der Waals surface area contributed by atoms with Crippen molar-refractivity contribution in [2.45, 2.75) is 44.9 Å². The molecule has 0 spiro atoms. The number of nitrogens with zero attached hydrogens (tertiary/aromatic N) is 1. The summed E-state index contributed by atoms with van der Waals surface area (Å²) >= 11 is 0. The third-order valence-corrected chi connectivity index (χ3v) is 4.85. The van der Waals surface area contributed by atoms with Gasteiger partial charge in [0.05, 0.1) is 5.56 Å². The van der Waals surface area contributed by atoms with Crippen LogP contribution in [0.1, 0.15) is 55.3 Å². The van der Waals surface area contributed by atoms with E-state index in [4.69, 9.17) is 0 Å². The van der Waals surface area contributed by atoms with Gasteiger partial charge in [0.15, 0.2) is 0 Å². The fraction of sp³-hybridized carbons (Fsp3) is 0.381. The Labute approximate surface area is 154 Å². The molecule has 2 amide bonds. The van der Waals surface area contributed by atoms with Crippen molar-refractivity contribution in [3.63, 3.8) is 0 Å². The van der Waals surface area contributed by atoms with E-state index in [2.05, 4.69) is 15.6 Å². The molecule has 1 aromatic carbocycles. The highest BCUT2D eigenvalue weighted by molar-refractivity contribution is 6.04. The highest BCUT2D eigenvalue weighted by Gasteiger charge is 2.15. The van der Waals surface area contributed by atoms with Gasteiger partial charge in [0, 0.05) is 30.2 Å². The molecule has 0 radical (unpaired) electrons. The summed E-state index contributed by atoms with van der Waals surface area (Å²) in [5.41, 5.74) is 1.93. The maximum Gasteiger partial charge on any atom is 0.257 e. The van der Waals surface area contributed by atoms with E-state index in [1.54, 1.807) is 42.6 Å². The first-order chi connectivity index (χ1) is 12.7. The third kappa shape index (κ3) is 5.41. The number of pyridine rings is 1. The molecule has 26 heavy (non-hydrogen) atoms. The van der Waals surface area contributed by atoms with Gasteiger partial charge in [0.25, 0.3) is 5.91 Å². The van der Waals surface area contributed by atoms with Gasteiger partial charge < -0.3 is 10.6 Å². The minimum atomic E-state index is -0.206. The summed E-state index contributed by atoms with van der Waals surface area (Å²) in [7, 11) is 0. The summed E-state index contributed by atoms with van der Waals surface area (Å²) in [6, 6.07) is 10.6. The van der Waals surface area contributed by atoms with E-state index in [-0.39, 0.29) is 11.8 Å². The summed E-state index contributed by atoms with van der Waals surface area (Å²) in [5.74, 6) is 0.560. The second-order valence-corrected chi connectivity index (χ2v) is 6.86. The molecule has 1 saturated carbocycles. The third-order valence-electron chi connectivity index (χ3n) is 4.85. The van der Waals surface area contributed by atoms with Crippen molar-refractivity contribution in [1.29, 1.82) is 0 Å². The lowest BCUT2D eigenvalue weighted by Gasteiger charge is -2.21.